The molecule has 1 aromatic heterocycles. The Bertz CT molecular complexity index is 327. The molecule has 0 radical (unpaired) electrons. The summed E-state index contributed by atoms with van der Waals surface area (Å²) < 4.78 is 0. The van der Waals surface area contributed by atoms with Gasteiger partial charge in [-0.1, -0.05) is 6.92 Å². The van der Waals surface area contributed by atoms with Crippen LogP contribution in [-0.4, -0.2) is 48.6 Å². The minimum Gasteiger partial charge on any atom is -0.312 e. The van der Waals surface area contributed by atoms with Gasteiger partial charge < -0.3 is 10.2 Å². The molecular weight excluding hydrogens is 260 g/mol. The Balaban J connectivity index is 1.98. The van der Waals surface area contributed by atoms with E-state index in [2.05, 4.69) is 52.8 Å². The van der Waals surface area contributed by atoms with Crippen LogP contribution in [0.2, 0.25) is 0 Å². The average molecular weight is 284 g/mol. The summed E-state index contributed by atoms with van der Waals surface area (Å²) in [4.78, 5) is 2.54. The fraction of sp³-hybridized carbons (Fsp3) is 0.714. The van der Waals surface area contributed by atoms with E-state index in [1.54, 1.807) is 11.3 Å². The minimum atomic E-state index is 0.595. The van der Waals surface area contributed by atoms with Gasteiger partial charge >= 0.3 is 0 Å². The van der Waals surface area contributed by atoms with Gasteiger partial charge in [-0.05, 0) is 48.8 Å². The fourth-order valence-electron chi connectivity index (χ4n) is 2.47. The summed E-state index contributed by atoms with van der Waals surface area (Å²) in [5.74, 6) is 2.55. The van der Waals surface area contributed by atoms with Crippen molar-refractivity contribution < 1.29 is 0 Å². The van der Waals surface area contributed by atoms with Crippen LogP contribution in [0.1, 0.15) is 18.9 Å². The first kappa shape index (κ1) is 14.4. The average Bonchev–Trinajstić information content (AvgIpc) is 2.88. The van der Waals surface area contributed by atoms with E-state index in [-0.39, 0.29) is 0 Å². The normalized spacial score (nSPS) is 23.1. The Kier molecular flexibility index (Phi) is 6.02. The standard InChI is InChI=1S/C14H24N2S2/c1-3-5-15-13(9-12-4-7-17-10-12)14-11-18-8-6-16(14)2/h4,7,10,13-15H,3,5-6,8-9,11H2,1-2H3. The van der Waals surface area contributed by atoms with Gasteiger partial charge in [0.05, 0.1) is 0 Å². The Morgan fingerprint density at radius 1 is 1.56 bits per heavy atom. The third-order valence-corrected chi connectivity index (χ3v) is 5.38. The molecule has 0 aromatic carbocycles. The lowest BCUT2D eigenvalue weighted by atomic mass is 10.0. The molecule has 0 aliphatic carbocycles. The molecule has 2 heterocycles. The second kappa shape index (κ2) is 7.53. The number of hydrogen-bond acceptors (Lipinski definition) is 4. The molecule has 1 aromatic rings. The zero-order valence-electron chi connectivity index (χ0n) is 11.4. The summed E-state index contributed by atoms with van der Waals surface area (Å²) in [7, 11) is 2.28. The summed E-state index contributed by atoms with van der Waals surface area (Å²) >= 11 is 3.91. The molecule has 2 atom stereocenters. The van der Waals surface area contributed by atoms with E-state index < -0.39 is 0 Å². The van der Waals surface area contributed by atoms with Gasteiger partial charge in [0.25, 0.3) is 0 Å². The molecule has 18 heavy (non-hydrogen) atoms. The highest BCUT2D eigenvalue weighted by atomic mass is 32.2. The lowest BCUT2D eigenvalue weighted by Crippen LogP contribution is -2.53. The zero-order valence-corrected chi connectivity index (χ0v) is 13.0. The molecule has 0 saturated carbocycles. The maximum absolute atomic E-state index is 3.76. The van der Waals surface area contributed by atoms with E-state index in [0.29, 0.717) is 12.1 Å². The zero-order chi connectivity index (χ0) is 12.8. The van der Waals surface area contributed by atoms with Crippen molar-refractivity contribution in [2.45, 2.75) is 31.8 Å². The minimum absolute atomic E-state index is 0.595. The molecule has 0 bridgehead atoms. The molecule has 2 rings (SSSR count). The quantitative estimate of drug-likeness (QED) is 0.865. The summed E-state index contributed by atoms with van der Waals surface area (Å²) in [6.45, 7) is 4.60. The molecule has 1 aliphatic heterocycles. The van der Waals surface area contributed by atoms with Crippen molar-refractivity contribution in [2.24, 2.45) is 0 Å². The van der Waals surface area contributed by atoms with E-state index in [0.717, 1.165) is 6.54 Å². The van der Waals surface area contributed by atoms with Crippen LogP contribution >= 0.6 is 23.1 Å². The number of thioether (sulfide) groups is 1. The number of hydrogen-bond donors (Lipinski definition) is 1. The van der Waals surface area contributed by atoms with Crippen LogP contribution in [0.15, 0.2) is 16.8 Å². The smallest absolute Gasteiger partial charge is 0.0340 e. The van der Waals surface area contributed by atoms with Crippen molar-refractivity contribution in [3.8, 4) is 0 Å². The number of nitrogens with zero attached hydrogens (tertiary/aromatic N) is 1. The molecule has 102 valence electrons. The summed E-state index contributed by atoms with van der Waals surface area (Å²) in [6.07, 6.45) is 2.38. The van der Waals surface area contributed by atoms with Crippen LogP contribution in [0.5, 0.6) is 0 Å². The van der Waals surface area contributed by atoms with Crippen molar-refractivity contribution in [1.82, 2.24) is 10.2 Å². The fourth-order valence-corrected chi connectivity index (χ4v) is 4.46. The first-order valence-corrected chi connectivity index (χ1v) is 8.93. The topological polar surface area (TPSA) is 15.3 Å². The van der Waals surface area contributed by atoms with Crippen LogP contribution in [0.3, 0.4) is 0 Å². The van der Waals surface area contributed by atoms with Crippen LogP contribution in [-0.2, 0) is 6.42 Å². The molecule has 1 saturated heterocycles. The Hall–Kier alpha value is -0.0300. The van der Waals surface area contributed by atoms with Gasteiger partial charge in [-0.3, -0.25) is 0 Å². The molecule has 2 nitrogen and oxygen atoms in total. The van der Waals surface area contributed by atoms with E-state index in [4.69, 9.17) is 0 Å². The van der Waals surface area contributed by atoms with E-state index in [1.807, 2.05) is 0 Å². The summed E-state index contributed by atoms with van der Waals surface area (Å²) in [5.41, 5.74) is 1.48. The van der Waals surface area contributed by atoms with Gasteiger partial charge in [0.1, 0.15) is 0 Å². The molecule has 0 spiro atoms. The van der Waals surface area contributed by atoms with Crippen LogP contribution in [0.4, 0.5) is 0 Å². The highest BCUT2D eigenvalue weighted by Crippen LogP contribution is 2.20. The number of rotatable bonds is 6. The predicted octanol–water partition coefficient (Wildman–Crippen LogP) is 2.71. The van der Waals surface area contributed by atoms with Gasteiger partial charge in [0.15, 0.2) is 0 Å². The highest BCUT2D eigenvalue weighted by Gasteiger charge is 2.27. The third-order valence-electron chi connectivity index (χ3n) is 3.60. The monoisotopic (exact) mass is 284 g/mol. The first-order valence-electron chi connectivity index (χ1n) is 6.83. The molecular formula is C14H24N2S2. The lowest BCUT2D eigenvalue weighted by molar-refractivity contribution is 0.213. The molecule has 1 aliphatic rings. The van der Waals surface area contributed by atoms with Gasteiger partial charge in [0, 0.05) is 30.1 Å². The van der Waals surface area contributed by atoms with E-state index >= 15 is 0 Å². The first-order chi connectivity index (χ1) is 8.81. The van der Waals surface area contributed by atoms with Gasteiger partial charge in [-0.2, -0.15) is 23.1 Å². The molecule has 0 amide bonds. The van der Waals surface area contributed by atoms with Crippen molar-refractivity contribution in [3.05, 3.63) is 22.4 Å². The summed E-state index contributed by atoms with van der Waals surface area (Å²) in [6, 6.07) is 3.54. The molecule has 4 heteroatoms. The third kappa shape index (κ3) is 3.98. The second-order valence-electron chi connectivity index (χ2n) is 5.02. The molecule has 1 N–H and O–H groups in total. The maximum Gasteiger partial charge on any atom is 0.0340 e. The highest BCUT2D eigenvalue weighted by molar-refractivity contribution is 7.99. The number of thiophene rings is 1. The SMILES string of the molecule is CCCNC(Cc1ccsc1)C1CSCCN1C. The number of likely N-dealkylation sites (N-methyl/N-ethyl adjacent to an activating group) is 1. The van der Waals surface area contributed by atoms with Crippen molar-refractivity contribution in [2.75, 3.05) is 31.6 Å². The van der Waals surface area contributed by atoms with Crippen LogP contribution in [0.25, 0.3) is 0 Å². The Labute approximate surface area is 119 Å². The maximum atomic E-state index is 3.76. The van der Waals surface area contributed by atoms with Crippen LogP contribution < -0.4 is 5.32 Å². The predicted molar refractivity (Wildman–Crippen MR) is 83.8 cm³/mol. The largest absolute Gasteiger partial charge is 0.312 e. The summed E-state index contributed by atoms with van der Waals surface area (Å²) in [5, 5.41) is 8.23. The van der Waals surface area contributed by atoms with Gasteiger partial charge in [-0.15, -0.1) is 0 Å². The second-order valence-corrected chi connectivity index (χ2v) is 6.95. The molecule has 1 fully saturated rings. The van der Waals surface area contributed by atoms with Crippen LogP contribution in [0, 0.1) is 0 Å². The van der Waals surface area contributed by atoms with Crippen molar-refractivity contribution in [1.29, 1.82) is 0 Å². The van der Waals surface area contributed by atoms with E-state index in [9.17, 15) is 0 Å². The number of nitrogens with one attached hydrogen (secondary N) is 1. The van der Waals surface area contributed by atoms with Gasteiger partial charge in [0.2, 0.25) is 0 Å². The molecule has 2 unspecified atom stereocenters. The van der Waals surface area contributed by atoms with Crippen molar-refractivity contribution in [3.63, 3.8) is 0 Å². The Morgan fingerprint density at radius 3 is 3.11 bits per heavy atom. The lowest BCUT2D eigenvalue weighted by Gasteiger charge is -2.38. The van der Waals surface area contributed by atoms with Crippen molar-refractivity contribution >= 4 is 23.1 Å². The Morgan fingerprint density at radius 2 is 2.44 bits per heavy atom. The van der Waals surface area contributed by atoms with E-state index in [1.165, 1.54) is 36.5 Å². The van der Waals surface area contributed by atoms with Gasteiger partial charge in [-0.25, -0.2) is 0 Å².